The predicted molar refractivity (Wildman–Crippen MR) is 170 cm³/mol. The SMILES string of the molecule is O=C(O)[C@@H]1CCCC[C@@H]1c1nc2cc(OCc3ccc4ccccc4n3)ccc2n1Cc1ccc(N2CCC(F)(F)CC2)cc1F. The molecule has 1 aliphatic heterocycles. The minimum absolute atomic E-state index is 0.153. The van der Waals surface area contributed by atoms with Crippen molar-refractivity contribution in [2.75, 3.05) is 18.0 Å². The number of para-hydroxylation sites is 1. The molecule has 7 rings (SSSR count). The summed E-state index contributed by atoms with van der Waals surface area (Å²) in [6, 6.07) is 22.3. The topological polar surface area (TPSA) is 80.5 Å². The second-order valence-electron chi connectivity index (χ2n) is 12.4. The molecule has 2 fully saturated rings. The van der Waals surface area contributed by atoms with Crippen molar-refractivity contribution in [3.8, 4) is 5.75 Å². The molecule has 2 aliphatic rings. The molecule has 1 aliphatic carbocycles. The second kappa shape index (κ2) is 12.3. The summed E-state index contributed by atoms with van der Waals surface area (Å²) >= 11 is 0. The van der Waals surface area contributed by atoms with Crippen LogP contribution in [0.3, 0.4) is 0 Å². The van der Waals surface area contributed by atoms with Crippen LogP contribution in [-0.2, 0) is 17.9 Å². The van der Waals surface area contributed by atoms with Gasteiger partial charge in [-0.1, -0.05) is 43.2 Å². The monoisotopic (exact) mass is 628 g/mol. The number of hydrogen-bond acceptors (Lipinski definition) is 5. The predicted octanol–water partition coefficient (Wildman–Crippen LogP) is 7.94. The van der Waals surface area contributed by atoms with Crippen molar-refractivity contribution in [1.82, 2.24) is 14.5 Å². The number of carboxylic acids is 1. The number of carboxylic acid groups (broad SMARTS) is 1. The third kappa shape index (κ3) is 6.12. The van der Waals surface area contributed by atoms with E-state index in [9.17, 15) is 18.7 Å². The van der Waals surface area contributed by atoms with Gasteiger partial charge in [0.1, 0.15) is 24.0 Å². The third-order valence-electron chi connectivity index (χ3n) is 9.43. The average Bonchev–Trinajstić information content (AvgIpc) is 3.41. The first kappa shape index (κ1) is 30.1. The van der Waals surface area contributed by atoms with Crippen LogP contribution in [0.1, 0.15) is 61.5 Å². The standard InChI is InChI=1S/C36H35F3N4O3/c37-30-19-26(42-17-15-36(38,39)16-18-42)12-10-24(30)21-43-33-14-13-27(46-22-25-11-9-23-5-1-4-8-31(23)40-25)20-32(33)41-34(43)28-6-2-3-7-29(28)35(44)45/h1,4-5,8-14,19-20,28-29H,2-3,6-7,15-18,21-22H2,(H,44,45)/t28-,29+/m0/s1. The number of rotatable bonds is 8. The summed E-state index contributed by atoms with van der Waals surface area (Å²) in [6.45, 7) is 0.753. The Morgan fingerprint density at radius 1 is 0.935 bits per heavy atom. The first-order valence-electron chi connectivity index (χ1n) is 15.9. The maximum absolute atomic E-state index is 15.6. The molecule has 1 N–H and O–H groups in total. The Kier molecular flexibility index (Phi) is 8.04. The van der Waals surface area contributed by atoms with E-state index in [1.54, 1.807) is 17.0 Å². The number of benzene rings is 3. The fraction of sp³-hybridized carbons (Fsp3) is 0.361. The lowest BCUT2D eigenvalue weighted by Crippen LogP contribution is -2.39. The van der Waals surface area contributed by atoms with E-state index in [1.165, 1.54) is 6.07 Å². The van der Waals surface area contributed by atoms with Gasteiger partial charge in [0.25, 0.3) is 5.92 Å². The summed E-state index contributed by atoms with van der Waals surface area (Å²) in [7, 11) is 0. The van der Waals surface area contributed by atoms with Crippen molar-refractivity contribution in [2.24, 2.45) is 5.92 Å². The molecule has 0 radical (unpaired) electrons. The van der Waals surface area contributed by atoms with E-state index in [0.29, 0.717) is 41.2 Å². The lowest BCUT2D eigenvalue weighted by molar-refractivity contribution is -0.143. The summed E-state index contributed by atoms with van der Waals surface area (Å²) in [5.74, 6) is -3.65. The number of piperidine rings is 1. The van der Waals surface area contributed by atoms with Gasteiger partial charge in [0.2, 0.25) is 0 Å². The minimum Gasteiger partial charge on any atom is -0.487 e. The maximum Gasteiger partial charge on any atom is 0.307 e. The number of aromatic nitrogens is 3. The molecule has 0 spiro atoms. The summed E-state index contributed by atoms with van der Waals surface area (Å²) in [5.41, 5.74) is 4.06. The van der Waals surface area contributed by atoms with Crippen LogP contribution >= 0.6 is 0 Å². The van der Waals surface area contributed by atoms with E-state index in [1.807, 2.05) is 59.2 Å². The molecule has 5 aromatic rings. The molecule has 0 unspecified atom stereocenters. The molecule has 0 amide bonds. The van der Waals surface area contributed by atoms with Crippen LogP contribution in [-0.4, -0.2) is 44.6 Å². The largest absolute Gasteiger partial charge is 0.487 e. The van der Waals surface area contributed by atoms with Gasteiger partial charge >= 0.3 is 5.97 Å². The van der Waals surface area contributed by atoms with Crippen molar-refractivity contribution in [3.05, 3.63) is 95.7 Å². The number of anilines is 1. The van der Waals surface area contributed by atoms with Gasteiger partial charge in [0, 0.05) is 54.6 Å². The van der Waals surface area contributed by atoms with Crippen molar-refractivity contribution >= 4 is 33.6 Å². The summed E-state index contributed by atoms with van der Waals surface area (Å²) in [6.07, 6.45) is 2.47. The van der Waals surface area contributed by atoms with Crippen LogP contribution in [0.15, 0.2) is 72.8 Å². The van der Waals surface area contributed by atoms with Crippen LogP contribution in [0, 0.1) is 11.7 Å². The molecule has 0 bridgehead atoms. The number of halogens is 3. The maximum atomic E-state index is 15.6. The lowest BCUT2D eigenvalue weighted by atomic mass is 9.78. The van der Waals surface area contributed by atoms with Crippen LogP contribution in [0.5, 0.6) is 5.75 Å². The number of fused-ring (bicyclic) bond motifs is 2. The normalized spacial score (nSPS) is 19.8. The summed E-state index contributed by atoms with van der Waals surface area (Å²) in [4.78, 5) is 23.7. The zero-order valence-corrected chi connectivity index (χ0v) is 25.3. The van der Waals surface area contributed by atoms with E-state index in [0.717, 1.165) is 35.0 Å². The molecule has 1 saturated carbocycles. The molecule has 238 valence electrons. The van der Waals surface area contributed by atoms with Crippen molar-refractivity contribution < 1.29 is 27.8 Å². The van der Waals surface area contributed by atoms with E-state index in [-0.39, 0.29) is 45.0 Å². The van der Waals surface area contributed by atoms with Gasteiger partial charge in [0.05, 0.1) is 34.7 Å². The second-order valence-corrected chi connectivity index (χ2v) is 12.4. The molecule has 10 heteroatoms. The number of hydrogen-bond donors (Lipinski definition) is 1. The van der Waals surface area contributed by atoms with Gasteiger partial charge in [-0.25, -0.2) is 23.1 Å². The Hall–Kier alpha value is -4.60. The third-order valence-corrected chi connectivity index (χ3v) is 9.43. The summed E-state index contributed by atoms with van der Waals surface area (Å²) in [5, 5.41) is 11.1. The Morgan fingerprint density at radius 3 is 2.54 bits per heavy atom. The minimum atomic E-state index is -2.68. The number of alkyl halides is 2. The molecular weight excluding hydrogens is 593 g/mol. The Balaban J connectivity index is 1.19. The first-order valence-corrected chi connectivity index (χ1v) is 15.9. The van der Waals surface area contributed by atoms with Crippen LogP contribution in [0.2, 0.25) is 0 Å². The molecule has 2 aromatic heterocycles. The van der Waals surface area contributed by atoms with E-state index < -0.39 is 23.6 Å². The Bertz CT molecular complexity index is 1900. The van der Waals surface area contributed by atoms with Gasteiger partial charge in [-0.15, -0.1) is 0 Å². The highest BCUT2D eigenvalue weighted by molar-refractivity contribution is 5.79. The van der Waals surface area contributed by atoms with Crippen molar-refractivity contribution in [3.63, 3.8) is 0 Å². The highest BCUT2D eigenvalue weighted by Gasteiger charge is 2.36. The van der Waals surface area contributed by atoms with Gasteiger partial charge in [-0.2, -0.15) is 0 Å². The Labute approximate surface area is 264 Å². The number of pyridine rings is 1. The Morgan fingerprint density at radius 2 is 1.74 bits per heavy atom. The highest BCUT2D eigenvalue weighted by Crippen LogP contribution is 2.40. The van der Waals surface area contributed by atoms with Gasteiger partial charge < -0.3 is 19.3 Å². The smallest absolute Gasteiger partial charge is 0.307 e. The number of ether oxygens (including phenoxy) is 1. The zero-order chi connectivity index (χ0) is 31.8. The van der Waals surface area contributed by atoms with Crippen molar-refractivity contribution in [2.45, 2.75) is 63.5 Å². The van der Waals surface area contributed by atoms with Crippen molar-refractivity contribution in [1.29, 1.82) is 0 Å². The molecule has 7 nitrogen and oxygen atoms in total. The molecule has 3 heterocycles. The molecule has 3 aromatic carbocycles. The van der Waals surface area contributed by atoms with Gasteiger partial charge in [-0.05, 0) is 49.2 Å². The van der Waals surface area contributed by atoms with E-state index in [2.05, 4.69) is 4.98 Å². The number of nitrogens with zero attached hydrogens (tertiary/aromatic N) is 4. The van der Waals surface area contributed by atoms with Gasteiger partial charge in [0.15, 0.2) is 0 Å². The number of carbonyl (C=O) groups is 1. The molecule has 1 saturated heterocycles. The van der Waals surface area contributed by atoms with Crippen LogP contribution in [0.25, 0.3) is 21.9 Å². The van der Waals surface area contributed by atoms with E-state index >= 15 is 4.39 Å². The fourth-order valence-corrected chi connectivity index (χ4v) is 6.87. The molecular formula is C36H35F3N4O3. The highest BCUT2D eigenvalue weighted by atomic mass is 19.3. The molecule has 46 heavy (non-hydrogen) atoms. The van der Waals surface area contributed by atoms with E-state index in [4.69, 9.17) is 9.72 Å². The number of aliphatic carboxylic acids is 1. The van der Waals surface area contributed by atoms with Crippen LogP contribution < -0.4 is 9.64 Å². The quantitative estimate of drug-likeness (QED) is 0.188. The van der Waals surface area contributed by atoms with Gasteiger partial charge in [-0.3, -0.25) is 4.79 Å². The average molecular weight is 629 g/mol. The number of imidazole rings is 1. The zero-order valence-electron chi connectivity index (χ0n) is 25.3. The summed E-state index contributed by atoms with van der Waals surface area (Å²) < 4.78 is 51.0. The first-order chi connectivity index (χ1) is 22.2. The molecule has 2 atom stereocenters. The van der Waals surface area contributed by atoms with Crippen LogP contribution in [0.4, 0.5) is 18.9 Å². The lowest BCUT2D eigenvalue weighted by Gasteiger charge is -2.33. The fourth-order valence-electron chi connectivity index (χ4n) is 6.87.